The van der Waals surface area contributed by atoms with Gasteiger partial charge in [0.05, 0.1) is 12.5 Å². The molecule has 0 aromatic heterocycles. The van der Waals surface area contributed by atoms with Crippen molar-refractivity contribution in [3.05, 3.63) is 29.8 Å². The lowest BCUT2D eigenvalue weighted by Crippen LogP contribution is -2.46. The molecule has 4 nitrogen and oxygen atoms in total. The number of nitrogens with zero attached hydrogens (tertiary/aromatic N) is 2. The number of hydrogen-bond donors (Lipinski definition) is 1. The van der Waals surface area contributed by atoms with Crippen molar-refractivity contribution >= 4 is 11.6 Å². The summed E-state index contributed by atoms with van der Waals surface area (Å²) in [5, 5.41) is 12.0. The quantitative estimate of drug-likeness (QED) is 0.881. The van der Waals surface area contributed by atoms with Gasteiger partial charge in [0.2, 0.25) is 5.91 Å². The number of hydrogen-bond acceptors (Lipinski definition) is 3. The van der Waals surface area contributed by atoms with Crippen molar-refractivity contribution in [2.45, 2.75) is 38.8 Å². The molecular weight excluding hydrogens is 238 g/mol. The number of amides is 1. The molecule has 0 bridgehead atoms. The zero-order valence-corrected chi connectivity index (χ0v) is 11.4. The maximum absolute atomic E-state index is 12.6. The third kappa shape index (κ3) is 2.77. The summed E-state index contributed by atoms with van der Waals surface area (Å²) in [7, 11) is 0. The van der Waals surface area contributed by atoms with Crippen molar-refractivity contribution in [3.63, 3.8) is 0 Å². The lowest BCUT2D eigenvalue weighted by molar-refractivity contribution is -0.120. The largest absolute Gasteiger partial charge is 0.308 e. The Kier molecular flexibility index (Phi) is 4.18. The maximum Gasteiger partial charge on any atom is 0.245 e. The summed E-state index contributed by atoms with van der Waals surface area (Å²) in [6, 6.07) is 9.73. The Morgan fingerprint density at radius 2 is 2.21 bits per heavy atom. The molecule has 0 spiro atoms. The Bertz CT molecular complexity index is 506. The summed E-state index contributed by atoms with van der Waals surface area (Å²) >= 11 is 0. The number of nitriles is 1. The summed E-state index contributed by atoms with van der Waals surface area (Å²) in [5.74, 6) is 0.000787. The fourth-order valence-corrected chi connectivity index (χ4v) is 2.51. The summed E-state index contributed by atoms with van der Waals surface area (Å²) < 4.78 is 0. The molecule has 1 heterocycles. The van der Waals surface area contributed by atoms with E-state index in [1.807, 2.05) is 36.1 Å². The molecule has 1 N–H and O–H groups in total. The van der Waals surface area contributed by atoms with Crippen molar-refractivity contribution in [3.8, 4) is 6.07 Å². The highest BCUT2D eigenvalue weighted by molar-refractivity contribution is 5.98. The van der Waals surface area contributed by atoms with Crippen LogP contribution in [0.1, 0.15) is 25.3 Å². The molecule has 1 aromatic carbocycles. The molecular formula is C15H19N3O. The van der Waals surface area contributed by atoms with Crippen LogP contribution in [0.3, 0.4) is 0 Å². The van der Waals surface area contributed by atoms with E-state index in [1.54, 1.807) is 0 Å². The van der Waals surface area contributed by atoms with E-state index < -0.39 is 6.04 Å². The fourth-order valence-electron chi connectivity index (χ4n) is 2.51. The molecule has 0 saturated carbocycles. The van der Waals surface area contributed by atoms with Crippen molar-refractivity contribution in [2.24, 2.45) is 0 Å². The second-order valence-corrected chi connectivity index (χ2v) is 5.00. The molecule has 4 heteroatoms. The number of benzene rings is 1. The monoisotopic (exact) mass is 257 g/mol. The minimum absolute atomic E-state index is 0.000787. The number of anilines is 1. The van der Waals surface area contributed by atoms with Crippen LogP contribution in [0.4, 0.5) is 5.69 Å². The first-order valence-electron chi connectivity index (χ1n) is 6.64. The molecule has 1 amide bonds. The number of aryl methyl sites for hydroxylation is 1. The summed E-state index contributed by atoms with van der Waals surface area (Å²) in [6.07, 6.45) is 1.11. The Labute approximate surface area is 114 Å². The van der Waals surface area contributed by atoms with Crippen molar-refractivity contribution in [1.82, 2.24) is 5.32 Å². The first kappa shape index (κ1) is 13.6. The summed E-state index contributed by atoms with van der Waals surface area (Å²) in [6.45, 7) is 4.83. The smallest absolute Gasteiger partial charge is 0.245 e. The van der Waals surface area contributed by atoms with Crippen LogP contribution in [0.25, 0.3) is 0 Å². The lowest BCUT2D eigenvalue weighted by atomic mass is 10.1. The predicted octanol–water partition coefficient (Wildman–Crippen LogP) is 1.99. The molecule has 1 aliphatic rings. The summed E-state index contributed by atoms with van der Waals surface area (Å²) in [5.41, 5.74) is 2.03. The first-order valence-corrected chi connectivity index (χ1v) is 6.64. The van der Waals surface area contributed by atoms with Gasteiger partial charge in [-0.25, -0.2) is 0 Å². The van der Waals surface area contributed by atoms with Crippen molar-refractivity contribution in [2.75, 3.05) is 11.4 Å². The number of para-hydroxylation sites is 1. The van der Waals surface area contributed by atoms with Crippen LogP contribution in [0.2, 0.25) is 0 Å². The maximum atomic E-state index is 12.6. The summed E-state index contributed by atoms with van der Waals surface area (Å²) in [4.78, 5) is 14.5. The fraction of sp³-hybridized carbons (Fsp3) is 0.467. The van der Waals surface area contributed by atoms with Crippen LogP contribution in [0.15, 0.2) is 24.3 Å². The van der Waals surface area contributed by atoms with Gasteiger partial charge in [-0.3, -0.25) is 4.79 Å². The molecule has 2 atom stereocenters. The van der Waals surface area contributed by atoms with Crippen molar-refractivity contribution in [1.29, 1.82) is 5.26 Å². The Balaban J connectivity index is 2.37. The van der Waals surface area contributed by atoms with Gasteiger partial charge in [-0.2, -0.15) is 5.26 Å². The first-order chi connectivity index (χ1) is 9.15. The molecule has 1 fully saturated rings. The Hall–Kier alpha value is -1.86. The third-order valence-corrected chi connectivity index (χ3v) is 3.60. The molecule has 2 unspecified atom stereocenters. The Morgan fingerprint density at radius 3 is 2.89 bits per heavy atom. The minimum Gasteiger partial charge on any atom is -0.308 e. The van der Waals surface area contributed by atoms with Gasteiger partial charge >= 0.3 is 0 Å². The minimum atomic E-state index is -0.394. The van der Waals surface area contributed by atoms with Gasteiger partial charge in [0.1, 0.15) is 6.04 Å². The van der Waals surface area contributed by atoms with E-state index in [0.717, 1.165) is 24.2 Å². The van der Waals surface area contributed by atoms with E-state index in [0.29, 0.717) is 0 Å². The van der Waals surface area contributed by atoms with Gasteiger partial charge in [-0.15, -0.1) is 0 Å². The molecule has 100 valence electrons. The van der Waals surface area contributed by atoms with E-state index >= 15 is 0 Å². The zero-order chi connectivity index (χ0) is 13.8. The van der Waals surface area contributed by atoms with Gasteiger partial charge in [-0.05, 0) is 38.4 Å². The Morgan fingerprint density at radius 1 is 1.47 bits per heavy atom. The molecule has 2 rings (SSSR count). The highest BCUT2D eigenvalue weighted by Crippen LogP contribution is 2.25. The zero-order valence-electron chi connectivity index (χ0n) is 11.4. The van der Waals surface area contributed by atoms with Crippen LogP contribution in [-0.2, 0) is 4.79 Å². The predicted molar refractivity (Wildman–Crippen MR) is 74.8 cm³/mol. The average molecular weight is 257 g/mol. The molecule has 1 saturated heterocycles. The lowest BCUT2D eigenvalue weighted by Gasteiger charge is -2.30. The SMILES string of the molecule is Cc1ccccc1N1C(=O)C(CC#N)NCCC1C. The number of nitrogens with one attached hydrogen (secondary N) is 1. The molecule has 19 heavy (non-hydrogen) atoms. The number of rotatable bonds is 2. The topological polar surface area (TPSA) is 56.1 Å². The van der Waals surface area contributed by atoms with Crippen LogP contribution in [0, 0.1) is 18.3 Å². The number of carbonyl (C=O) groups is 1. The molecule has 1 aromatic rings. The second-order valence-electron chi connectivity index (χ2n) is 5.00. The van der Waals surface area contributed by atoms with E-state index in [9.17, 15) is 4.79 Å². The van der Waals surface area contributed by atoms with Crippen molar-refractivity contribution < 1.29 is 4.79 Å². The van der Waals surface area contributed by atoms with Crippen LogP contribution < -0.4 is 10.2 Å². The van der Waals surface area contributed by atoms with Crippen LogP contribution in [-0.4, -0.2) is 24.5 Å². The average Bonchev–Trinajstić information content (AvgIpc) is 2.52. The molecule has 0 radical (unpaired) electrons. The van der Waals surface area contributed by atoms with Gasteiger partial charge in [0.15, 0.2) is 0 Å². The molecule has 1 aliphatic heterocycles. The van der Waals surface area contributed by atoms with Gasteiger partial charge in [-0.1, -0.05) is 18.2 Å². The van der Waals surface area contributed by atoms with E-state index in [1.165, 1.54) is 0 Å². The van der Waals surface area contributed by atoms with Gasteiger partial charge < -0.3 is 10.2 Å². The van der Waals surface area contributed by atoms with Crippen LogP contribution in [0.5, 0.6) is 0 Å². The van der Waals surface area contributed by atoms with E-state index in [4.69, 9.17) is 5.26 Å². The van der Waals surface area contributed by atoms with Gasteiger partial charge in [0, 0.05) is 11.7 Å². The number of carbonyl (C=O) groups excluding carboxylic acids is 1. The van der Waals surface area contributed by atoms with Crippen LogP contribution >= 0.6 is 0 Å². The highest BCUT2D eigenvalue weighted by atomic mass is 16.2. The normalized spacial score (nSPS) is 23.8. The highest BCUT2D eigenvalue weighted by Gasteiger charge is 2.31. The molecule has 0 aliphatic carbocycles. The second kappa shape index (κ2) is 5.85. The third-order valence-electron chi connectivity index (χ3n) is 3.60. The van der Waals surface area contributed by atoms with Gasteiger partial charge in [0.25, 0.3) is 0 Å². The van der Waals surface area contributed by atoms with E-state index in [2.05, 4.69) is 18.3 Å². The standard InChI is InChI=1S/C15H19N3O/c1-11-5-3-4-6-14(11)18-12(2)8-10-17-13(7-9-16)15(18)19/h3-6,12-13,17H,7-8,10H2,1-2H3. The van der Waals surface area contributed by atoms with E-state index in [-0.39, 0.29) is 18.4 Å².